The van der Waals surface area contributed by atoms with Crippen LogP contribution in [0.3, 0.4) is 0 Å². The highest BCUT2D eigenvalue weighted by atomic mass is 16.5. The first-order valence-electron chi connectivity index (χ1n) is 8.95. The van der Waals surface area contributed by atoms with Gasteiger partial charge in [-0.2, -0.15) is 5.10 Å². The van der Waals surface area contributed by atoms with E-state index in [1.807, 2.05) is 36.3 Å². The standard InChI is InChI=1S/C19H23N3O3/c1-21-13-15(19(23)22-8-3-2-4-9-22)18(20-21)14-6-7-16-17(12-14)25-11-5-10-24-16/h6-7,12-13H,2-5,8-11H2,1H3. The number of benzene rings is 1. The van der Waals surface area contributed by atoms with E-state index >= 15 is 0 Å². The molecule has 0 atom stereocenters. The van der Waals surface area contributed by atoms with E-state index in [0.29, 0.717) is 24.5 Å². The summed E-state index contributed by atoms with van der Waals surface area (Å²) in [6.45, 7) is 2.95. The minimum absolute atomic E-state index is 0.0647. The Balaban J connectivity index is 1.69. The number of rotatable bonds is 2. The minimum Gasteiger partial charge on any atom is -0.490 e. The fraction of sp³-hybridized carbons (Fsp3) is 0.474. The first kappa shape index (κ1) is 16.0. The van der Waals surface area contributed by atoms with Crippen molar-refractivity contribution in [3.05, 3.63) is 30.0 Å². The maximum atomic E-state index is 13.0. The summed E-state index contributed by atoms with van der Waals surface area (Å²) in [6, 6.07) is 5.78. The van der Waals surface area contributed by atoms with Gasteiger partial charge in [0.05, 0.1) is 18.8 Å². The number of likely N-dealkylation sites (tertiary alicyclic amines) is 1. The largest absolute Gasteiger partial charge is 0.490 e. The molecule has 25 heavy (non-hydrogen) atoms. The normalized spacial score (nSPS) is 17.2. The van der Waals surface area contributed by atoms with Crippen molar-refractivity contribution < 1.29 is 14.3 Å². The molecule has 0 radical (unpaired) electrons. The van der Waals surface area contributed by atoms with Crippen LogP contribution in [0.5, 0.6) is 11.5 Å². The lowest BCUT2D eigenvalue weighted by atomic mass is 10.0. The molecule has 1 aromatic carbocycles. The molecule has 1 fully saturated rings. The minimum atomic E-state index is 0.0647. The van der Waals surface area contributed by atoms with E-state index in [1.165, 1.54) is 6.42 Å². The van der Waals surface area contributed by atoms with Crippen LogP contribution in [0.1, 0.15) is 36.0 Å². The highest BCUT2D eigenvalue weighted by Gasteiger charge is 2.24. The van der Waals surface area contributed by atoms with Crippen molar-refractivity contribution in [3.63, 3.8) is 0 Å². The zero-order chi connectivity index (χ0) is 17.2. The van der Waals surface area contributed by atoms with E-state index in [1.54, 1.807) is 4.68 Å². The molecule has 0 bridgehead atoms. The highest BCUT2D eigenvalue weighted by molar-refractivity contribution is 6.00. The summed E-state index contributed by atoms with van der Waals surface area (Å²) in [6.07, 6.45) is 6.03. The number of piperidine rings is 1. The van der Waals surface area contributed by atoms with Crippen molar-refractivity contribution in [1.82, 2.24) is 14.7 Å². The number of hydrogen-bond acceptors (Lipinski definition) is 4. The maximum Gasteiger partial charge on any atom is 0.257 e. The smallest absolute Gasteiger partial charge is 0.257 e. The number of aromatic nitrogens is 2. The highest BCUT2D eigenvalue weighted by Crippen LogP contribution is 2.35. The molecule has 132 valence electrons. The van der Waals surface area contributed by atoms with Gasteiger partial charge < -0.3 is 14.4 Å². The second-order valence-electron chi connectivity index (χ2n) is 6.63. The molecule has 6 nitrogen and oxygen atoms in total. The molecule has 0 N–H and O–H groups in total. The van der Waals surface area contributed by atoms with Gasteiger partial charge in [-0.05, 0) is 37.5 Å². The van der Waals surface area contributed by atoms with Crippen molar-refractivity contribution in [1.29, 1.82) is 0 Å². The molecular weight excluding hydrogens is 318 g/mol. The Morgan fingerprint density at radius 1 is 1.04 bits per heavy atom. The second kappa shape index (κ2) is 6.78. The molecule has 2 aliphatic heterocycles. The van der Waals surface area contributed by atoms with Crippen LogP contribution in [0.25, 0.3) is 11.3 Å². The third-order valence-electron chi connectivity index (χ3n) is 4.72. The van der Waals surface area contributed by atoms with E-state index in [-0.39, 0.29) is 5.91 Å². The quantitative estimate of drug-likeness (QED) is 0.843. The van der Waals surface area contributed by atoms with Crippen LogP contribution >= 0.6 is 0 Å². The predicted octanol–water partition coefficient (Wildman–Crippen LogP) is 2.87. The molecule has 2 aliphatic rings. The van der Waals surface area contributed by atoms with Crippen LogP contribution in [0.15, 0.2) is 24.4 Å². The lowest BCUT2D eigenvalue weighted by Crippen LogP contribution is -2.35. The number of ether oxygens (including phenoxy) is 2. The van der Waals surface area contributed by atoms with Gasteiger partial charge in [0.25, 0.3) is 5.91 Å². The zero-order valence-electron chi connectivity index (χ0n) is 14.5. The molecule has 0 unspecified atom stereocenters. The van der Waals surface area contributed by atoms with Crippen molar-refractivity contribution in [2.45, 2.75) is 25.7 Å². The van der Waals surface area contributed by atoms with E-state index in [9.17, 15) is 4.79 Å². The summed E-state index contributed by atoms with van der Waals surface area (Å²) in [5.41, 5.74) is 2.23. The number of nitrogens with zero attached hydrogens (tertiary/aromatic N) is 3. The Bertz CT molecular complexity index is 778. The van der Waals surface area contributed by atoms with Gasteiger partial charge in [-0.3, -0.25) is 9.48 Å². The fourth-order valence-corrected chi connectivity index (χ4v) is 3.44. The van der Waals surface area contributed by atoms with Gasteiger partial charge in [0.1, 0.15) is 5.69 Å². The Morgan fingerprint density at radius 2 is 1.80 bits per heavy atom. The summed E-state index contributed by atoms with van der Waals surface area (Å²) in [4.78, 5) is 14.9. The van der Waals surface area contributed by atoms with E-state index in [4.69, 9.17) is 9.47 Å². The van der Waals surface area contributed by atoms with E-state index in [2.05, 4.69) is 5.10 Å². The van der Waals surface area contributed by atoms with Gasteiger partial charge in [-0.25, -0.2) is 0 Å². The number of aryl methyl sites for hydroxylation is 1. The predicted molar refractivity (Wildman–Crippen MR) is 94.0 cm³/mol. The van der Waals surface area contributed by atoms with Gasteiger partial charge in [-0.15, -0.1) is 0 Å². The molecule has 1 saturated heterocycles. The fourth-order valence-electron chi connectivity index (χ4n) is 3.44. The summed E-state index contributed by atoms with van der Waals surface area (Å²) >= 11 is 0. The van der Waals surface area contributed by atoms with Crippen LogP contribution < -0.4 is 9.47 Å². The summed E-state index contributed by atoms with van der Waals surface area (Å²) in [5, 5.41) is 4.54. The molecule has 3 heterocycles. The van der Waals surface area contributed by atoms with E-state index in [0.717, 1.165) is 49.4 Å². The molecule has 2 aromatic rings. The summed E-state index contributed by atoms with van der Waals surface area (Å²) in [5.74, 6) is 1.54. The third kappa shape index (κ3) is 3.21. The van der Waals surface area contributed by atoms with Crippen LogP contribution in [0.4, 0.5) is 0 Å². The average Bonchev–Trinajstić information content (AvgIpc) is 2.88. The number of carbonyl (C=O) groups is 1. The molecule has 1 amide bonds. The van der Waals surface area contributed by atoms with Gasteiger partial charge >= 0.3 is 0 Å². The lowest BCUT2D eigenvalue weighted by Gasteiger charge is -2.26. The van der Waals surface area contributed by atoms with E-state index < -0.39 is 0 Å². The van der Waals surface area contributed by atoms with Gasteiger partial charge in [0, 0.05) is 38.3 Å². The molecule has 0 saturated carbocycles. The Hall–Kier alpha value is -2.50. The van der Waals surface area contributed by atoms with Crippen molar-refractivity contribution >= 4 is 5.91 Å². The average molecular weight is 341 g/mol. The molecule has 0 spiro atoms. The number of fused-ring (bicyclic) bond motifs is 1. The van der Waals surface area contributed by atoms with Gasteiger partial charge in [-0.1, -0.05) is 0 Å². The SMILES string of the molecule is Cn1cc(C(=O)N2CCCCC2)c(-c2ccc3c(c2)OCCCO3)n1. The first-order chi connectivity index (χ1) is 12.2. The second-order valence-corrected chi connectivity index (χ2v) is 6.63. The molecule has 4 rings (SSSR count). The number of hydrogen-bond donors (Lipinski definition) is 0. The zero-order valence-corrected chi connectivity index (χ0v) is 14.5. The third-order valence-corrected chi connectivity index (χ3v) is 4.72. The Kier molecular flexibility index (Phi) is 4.34. The summed E-state index contributed by atoms with van der Waals surface area (Å²) < 4.78 is 13.2. The lowest BCUT2D eigenvalue weighted by molar-refractivity contribution is 0.0725. The van der Waals surface area contributed by atoms with Crippen LogP contribution in [0.2, 0.25) is 0 Å². The van der Waals surface area contributed by atoms with Crippen molar-refractivity contribution in [2.75, 3.05) is 26.3 Å². The maximum absolute atomic E-state index is 13.0. The monoisotopic (exact) mass is 341 g/mol. The Labute approximate surface area is 147 Å². The Morgan fingerprint density at radius 3 is 2.60 bits per heavy atom. The summed E-state index contributed by atoms with van der Waals surface area (Å²) in [7, 11) is 1.85. The number of carbonyl (C=O) groups excluding carboxylic acids is 1. The topological polar surface area (TPSA) is 56.6 Å². The van der Waals surface area contributed by atoms with Gasteiger partial charge in [0.2, 0.25) is 0 Å². The van der Waals surface area contributed by atoms with Crippen LogP contribution in [-0.2, 0) is 7.05 Å². The molecule has 6 heteroatoms. The molecular formula is C19H23N3O3. The van der Waals surface area contributed by atoms with Crippen LogP contribution in [0, 0.1) is 0 Å². The van der Waals surface area contributed by atoms with Gasteiger partial charge in [0.15, 0.2) is 11.5 Å². The van der Waals surface area contributed by atoms with Crippen LogP contribution in [-0.4, -0.2) is 46.9 Å². The number of amides is 1. The first-order valence-corrected chi connectivity index (χ1v) is 8.95. The molecule has 0 aliphatic carbocycles. The molecule has 1 aromatic heterocycles. The van der Waals surface area contributed by atoms with Crippen molar-refractivity contribution in [2.24, 2.45) is 7.05 Å². The van der Waals surface area contributed by atoms with Crippen molar-refractivity contribution in [3.8, 4) is 22.8 Å².